The van der Waals surface area contributed by atoms with Gasteiger partial charge in [0.25, 0.3) is 5.69 Å². The number of hydrogen-bond acceptors (Lipinski definition) is 3. The van der Waals surface area contributed by atoms with E-state index in [-0.39, 0.29) is 22.8 Å². The van der Waals surface area contributed by atoms with Gasteiger partial charge in [-0.05, 0) is 24.3 Å². The van der Waals surface area contributed by atoms with E-state index in [0.717, 1.165) is 12.1 Å². The average Bonchev–Trinajstić information content (AvgIpc) is 2.39. The number of rotatable bonds is 4. The second kappa shape index (κ2) is 5.83. The molecule has 2 rings (SSSR count). The molecule has 0 spiro atoms. The van der Waals surface area contributed by atoms with Gasteiger partial charge in [0.1, 0.15) is 17.3 Å². The molecule has 20 heavy (non-hydrogen) atoms. The lowest BCUT2D eigenvalue weighted by Crippen LogP contribution is -2.05. The number of nitro benzene ring substituents is 1. The number of nitrogens with zero attached hydrogens (tertiary/aromatic N) is 1. The molecule has 0 fully saturated rings. The molecule has 0 amide bonds. The van der Waals surface area contributed by atoms with Gasteiger partial charge in [-0.25, -0.2) is 8.78 Å². The van der Waals surface area contributed by atoms with Crippen molar-refractivity contribution in [3.8, 4) is 0 Å². The third kappa shape index (κ3) is 3.03. The lowest BCUT2D eigenvalue weighted by Gasteiger charge is -2.09. The number of hydrogen-bond donors (Lipinski definition) is 1. The molecule has 0 heterocycles. The fourth-order valence-corrected chi connectivity index (χ4v) is 1.92. The van der Waals surface area contributed by atoms with Gasteiger partial charge in [0, 0.05) is 17.1 Å². The van der Waals surface area contributed by atoms with Gasteiger partial charge in [-0.15, -0.1) is 0 Å². The van der Waals surface area contributed by atoms with Crippen molar-refractivity contribution in [2.45, 2.75) is 6.54 Å². The summed E-state index contributed by atoms with van der Waals surface area (Å²) in [5, 5.41) is 13.7. The number of anilines is 1. The molecular formula is C13H9ClF2N2O2. The van der Waals surface area contributed by atoms with Gasteiger partial charge in [0.15, 0.2) is 0 Å². The van der Waals surface area contributed by atoms with Crippen LogP contribution in [-0.2, 0) is 6.54 Å². The number of benzene rings is 2. The quantitative estimate of drug-likeness (QED) is 0.682. The Bertz CT molecular complexity index is 645. The van der Waals surface area contributed by atoms with E-state index >= 15 is 0 Å². The van der Waals surface area contributed by atoms with Crippen molar-refractivity contribution in [1.29, 1.82) is 0 Å². The van der Waals surface area contributed by atoms with Crippen LogP contribution in [0.15, 0.2) is 36.4 Å². The van der Waals surface area contributed by atoms with E-state index in [0.29, 0.717) is 0 Å². The van der Waals surface area contributed by atoms with E-state index in [4.69, 9.17) is 11.6 Å². The lowest BCUT2D eigenvalue weighted by molar-refractivity contribution is -0.384. The maximum atomic E-state index is 13.6. The van der Waals surface area contributed by atoms with Crippen LogP contribution in [0.1, 0.15) is 5.56 Å². The highest BCUT2D eigenvalue weighted by Crippen LogP contribution is 2.27. The first-order valence-electron chi connectivity index (χ1n) is 5.59. The highest BCUT2D eigenvalue weighted by Gasteiger charge is 2.15. The van der Waals surface area contributed by atoms with Crippen LogP contribution in [0.3, 0.4) is 0 Å². The fraction of sp³-hybridized carbons (Fsp3) is 0.0769. The summed E-state index contributed by atoms with van der Waals surface area (Å²) >= 11 is 5.85. The van der Waals surface area contributed by atoms with E-state index in [1.165, 1.54) is 24.3 Å². The SMILES string of the molecule is O=[N+]([O-])c1cc(F)ccc1NCc1c(F)cccc1Cl. The van der Waals surface area contributed by atoms with Gasteiger partial charge in [-0.1, -0.05) is 17.7 Å². The van der Waals surface area contributed by atoms with E-state index in [1.807, 2.05) is 0 Å². The third-order valence-electron chi connectivity index (χ3n) is 2.67. The second-order valence-electron chi connectivity index (χ2n) is 3.97. The molecule has 0 radical (unpaired) electrons. The first-order valence-corrected chi connectivity index (χ1v) is 5.97. The van der Waals surface area contributed by atoms with Crippen LogP contribution in [-0.4, -0.2) is 4.92 Å². The fourth-order valence-electron chi connectivity index (χ4n) is 1.69. The van der Waals surface area contributed by atoms with Crippen LogP contribution in [0, 0.1) is 21.7 Å². The maximum Gasteiger partial charge on any atom is 0.295 e. The first-order chi connectivity index (χ1) is 9.49. The van der Waals surface area contributed by atoms with Crippen molar-refractivity contribution in [2.75, 3.05) is 5.32 Å². The Morgan fingerprint density at radius 2 is 2.00 bits per heavy atom. The van der Waals surface area contributed by atoms with E-state index in [1.54, 1.807) is 0 Å². The molecular weight excluding hydrogens is 290 g/mol. The molecule has 0 unspecified atom stereocenters. The van der Waals surface area contributed by atoms with Crippen LogP contribution >= 0.6 is 11.6 Å². The predicted octanol–water partition coefficient (Wildman–Crippen LogP) is 4.14. The predicted molar refractivity (Wildman–Crippen MR) is 71.8 cm³/mol. The van der Waals surface area contributed by atoms with Gasteiger partial charge in [-0.3, -0.25) is 10.1 Å². The Balaban J connectivity index is 2.25. The van der Waals surface area contributed by atoms with Crippen LogP contribution in [0.4, 0.5) is 20.2 Å². The molecule has 4 nitrogen and oxygen atoms in total. The van der Waals surface area contributed by atoms with Gasteiger partial charge >= 0.3 is 0 Å². The molecule has 0 aliphatic rings. The number of halogens is 3. The van der Waals surface area contributed by atoms with Crippen molar-refractivity contribution in [3.05, 3.63) is 68.7 Å². The summed E-state index contributed by atoms with van der Waals surface area (Å²) in [6.07, 6.45) is 0. The molecule has 0 atom stereocenters. The Morgan fingerprint density at radius 3 is 2.65 bits per heavy atom. The molecule has 1 N–H and O–H groups in total. The summed E-state index contributed by atoms with van der Waals surface area (Å²) < 4.78 is 26.5. The molecule has 104 valence electrons. The van der Waals surface area contributed by atoms with E-state index in [9.17, 15) is 18.9 Å². The average molecular weight is 299 g/mol. The summed E-state index contributed by atoms with van der Waals surface area (Å²) in [6.45, 7) is -0.0437. The van der Waals surface area contributed by atoms with Gasteiger partial charge in [-0.2, -0.15) is 0 Å². The molecule has 2 aromatic carbocycles. The van der Waals surface area contributed by atoms with Crippen molar-refractivity contribution in [1.82, 2.24) is 0 Å². The Morgan fingerprint density at radius 1 is 1.25 bits per heavy atom. The number of nitrogens with one attached hydrogen (secondary N) is 1. The largest absolute Gasteiger partial charge is 0.375 e. The summed E-state index contributed by atoms with van der Waals surface area (Å²) in [7, 11) is 0. The van der Waals surface area contributed by atoms with Crippen molar-refractivity contribution < 1.29 is 13.7 Å². The van der Waals surface area contributed by atoms with E-state index in [2.05, 4.69) is 5.32 Å². The van der Waals surface area contributed by atoms with E-state index < -0.39 is 22.2 Å². The Labute approximate surface area is 118 Å². The summed E-state index contributed by atoms with van der Waals surface area (Å²) in [6, 6.07) is 7.32. The number of nitro groups is 1. The summed E-state index contributed by atoms with van der Waals surface area (Å²) in [5.74, 6) is -1.24. The zero-order valence-electron chi connectivity index (χ0n) is 10.1. The topological polar surface area (TPSA) is 55.2 Å². The summed E-state index contributed by atoms with van der Waals surface area (Å²) in [5.41, 5.74) is -0.138. The lowest BCUT2D eigenvalue weighted by atomic mass is 10.2. The molecule has 0 aliphatic carbocycles. The molecule has 0 saturated heterocycles. The molecule has 0 saturated carbocycles. The first kappa shape index (κ1) is 14.2. The maximum absolute atomic E-state index is 13.6. The van der Waals surface area contributed by atoms with Crippen molar-refractivity contribution in [3.63, 3.8) is 0 Å². The highest BCUT2D eigenvalue weighted by atomic mass is 35.5. The molecule has 0 aliphatic heterocycles. The second-order valence-corrected chi connectivity index (χ2v) is 4.38. The van der Waals surface area contributed by atoms with Gasteiger partial charge < -0.3 is 5.32 Å². The van der Waals surface area contributed by atoms with Crippen molar-refractivity contribution in [2.24, 2.45) is 0 Å². The Kier molecular flexibility index (Phi) is 4.14. The molecule has 2 aromatic rings. The monoisotopic (exact) mass is 298 g/mol. The normalized spacial score (nSPS) is 10.3. The minimum Gasteiger partial charge on any atom is -0.375 e. The van der Waals surface area contributed by atoms with Crippen molar-refractivity contribution >= 4 is 23.0 Å². The van der Waals surface area contributed by atoms with Crippen LogP contribution in [0.5, 0.6) is 0 Å². The molecule has 0 aromatic heterocycles. The standard InChI is InChI=1S/C13H9ClF2N2O2/c14-10-2-1-3-11(16)9(10)7-17-12-5-4-8(15)6-13(12)18(19)20/h1-6,17H,7H2. The summed E-state index contributed by atoms with van der Waals surface area (Å²) in [4.78, 5) is 10.1. The third-order valence-corrected chi connectivity index (χ3v) is 3.03. The van der Waals surface area contributed by atoms with Gasteiger partial charge in [0.05, 0.1) is 11.0 Å². The van der Waals surface area contributed by atoms with Gasteiger partial charge in [0.2, 0.25) is 0 Å². The van der Waals surface area contributed by atoms with Crippen LogP contribution < -0.4 is 5.32 Å². The van der Waals surface area contributed by atoms with Crippen LogP contribution in [0.2, 0.25) is 5.02 Å². The zero-order valence-corrected chi connectivity index (χ0v) is 10.8. The highest BCUT2D eigenvalue weighted by molar-refractivity contribution is 6.31. The molecule has 0 bridgehead atoms. The zero-order chi connectivity index (χ0) is 14.7. The van der Waals surface area contributed by atoms with Crippen LogP contribution in [0.25, 0.3) is 0 Å². The minimum absolute atomic E-state index is 0.0437. The smallest absolute Gasteiger partial charge is 0.295 e. The Hall–Kier alpha value is -2.21. The minimum atomic E-state index is -0.717. The molecule has 7 heteroatoms.